The molecule has 3 amide bonds. The summed E-state index contributed by atoms with van der Waals surface area (Å²) in [6.07, 6.45) is 3.70. The number of likely N-dealkylation sites (tertiary alicyclic amines) is 1. The number of piperidine rings is 1. The Balaban J connectivity index is 1.37. The van der Waals surface area contributed by atoms with Gasteiger partial charge in [-0.15, -0.1) is 11.3 Å². The van der Waals surface area contributed by atoms with E-state index in [0.717, 1.165) is 37.1 Å². The van der Waals surface area contributed by atoms with Crippen molar-refractivity contribution >= 4 is 29.1 Å². The first-order valence-corrected chi connectivity index (χ1v) is 12.5. The molecule has 1 aliphatic heterocycles. The maximum atomic E-state index is 13.0. The molecule has 4 rings (SSSR count). The summed E-state index contributed by atoms with van der Waals surface area (Å²) in [6.45, 7) is 1.95. The summed E-state index contributed by atoms with van der Waals surface area (Å²) >= 11 is 1.34. The van der Waals surface area contributed by atoms with Crippen LogP contribution in [0.2, 0.25) is 0 Å². The highest BCUT2D eigenvalue weighted by molar-refractivity contribution is 7.12. The number of nitrogens with one attached hydrogen (secondary N) is 2. The van der Waals surface area contributed by atoms with Crippen LogP contribution in [0.4, 0.5) is 0 Å². The standard InChI is InChI=1S/C27H29N3O3S/c31-25(23(18-20-8-3-1-4-9-20)29-26(32)24-10-7-17-34-24)28-19-21-11-13-22(14-12-21)27(33)30-15-5-2-6-16-30/h1,3-4,7-14,17,23H,2,5-6,15-16,18-19H2,(H,28,31)(H,29,32)/t23-/m0/s1. The molecule has 2 aromatic carbocycles. The highest BCUT2D eigenvalue weighted by atomic mass is 32.1. The Morgan fingerprint density at radius 3 is 2.26 bits per heavy atom. The lowest BCUT2D eigenvalue weighted by Gasteiger charge is -2.26. The normalized spacial score (nSPS) is 14.3. The Morgan fingerprint density at radius 1 is 0.853 bits per heavy atom. The third kappa shape index (κ3) is 6.32. The molecule has 1 atom stereocenters. The highest BCUT2D eigenvalue weighted by Gasteiger charge is 2.22. The molecule has 3 aromatic rings. The minimum absolute atomic E-state index is 0.0644. The van der Waals surface area contributed by atoms with Crippen molar-refractivity contribution in [3.63, 3.8) is 0 Å². The first-order chi connectivity index (χ1) is 16.6. The van der Waals surface area contributed by atoms with E-state index in [4.69, 9.17) is 0 Å². The van der Waals surface area contributed by atoms with E-state index in [-0.39, 0.29) is 17.7 Å². The van der Waals surface area contributed by atoms with Crippen LogP contribution in [-0.4, -0.2) is 41.8 Å². The fraction of sp³-hybridized carbons (Fsp3) is 0.296. The van der Waals surface area contributed by atoms with Crippen LogP contribution in [-0.2, 0) is 17.8 Å². The largest absolute Gasteiger partial charge is 0.350 e. The number of amides is 3. The molecule has 1 aliphatic rings. The zero-order valence-electron chi connectivity index (χ0n) is 19.0. The quantitative estimate of drug-likeness (QED) is 0.516. The van der Waals surface area contributed by atoms with Crippen molar-refractivity contribution in [2.75, 3.05) is 13.1 Å². The van der Waals surface area contributed by atoms with Gasteiger partial charge in [-0.05, 0) is 54.0 Å². The van der Waals surface area contributed by atoms with E-state index in [2.05, 4.69) is 10.6 Å². The van der Waals surface area contributed by atoms with Crippen LogP contribution >= 0.6 is 11.3 Å². The van der Waals surface area contributed by atoms with E-state index < -0.39 is 6.04 Å². The maximum Gasteiger partial charge on any atom is 0.262 e. The van der Waals surface area contributed by atoms with E-state index in [1.54, 1.807) is 6.07 Å². The molecule has 176 valence electrons. The fourth-order valence-electron chi connectivity index (χ4n) is 4.05. The molecule has 0 bridgehead atoms. The van der Waals surface area contributed by atoms with Gasteiger partial charge in [0.1, 0.15) is 6.04 Å². The van der Waals surface area contributed by atoms with Gasteiger partial charge in [-0.3, -0.25) is 14.4 Å². The van der Waals surface area contributed by atoms with Crippen LogP contribution in [0.15, 0.2) is 72.1 Å². The molecule has 1 saturated heterocycles. The Morgan fingerprint density at radius 2 is 1.59 bits per heavy atom. The Hall–Kier alpha value is -3.45. The van der Waals surface area contributed by atoms with Gasteiger partial charge in [0.05, 0.1) is 4.88 Å². The van der Waals surface area contributed by atoms with Gasteiger partial charge in [-0.25, -0.2) is 0 Å². The molecule has 0 unspecified atom stereocenters. The van der Waals surface area contributed by atoms with Gasteiger partial charge < -0.3 is 15.5 Å². The lowest BCUT2D eigenvalue weighted by molar-refractivity contribution is -0.123. The summed E-state index contributed by atoms with van der Waals surface area (Å²) in [5.74, 6) is -0.441. The number of rotatable bonds is 8. The smallest absolute Gasteiger partial charge is 0.262 e. The van der Waals surface area contributed by atoms with Crippen molar-refractivity contribution in [1.82, 2.24) is 15.5 Å². The van der Waals surface area contributed by atoms with Gasteiger partial charge >= 0.3 is 0 Å². The van der Waals surface area contributed by atoms with Gasteiger partial charge in [-0.1, -0.05) is 48.5 Å². The summed E-state index contributed by atoms with van der Waals surface area (Å²) < 4.78 is 0. The molecule has 7 heteroatoms. The van der Waals surface area contributed by atoms with Crippen LogP contribution < -0.4 is 10.6 Å². The number of thiophene rings is 1. The van der Waals surface area contributed by atoms with Crippen molar-refractivity contribution < 1.29 is 14.4 Å². The molecule has 0 saturated carbocycles. The van der Waals surface area contributed by atoms with E-state index in [9.17, 15) is 14.4 Å². The monoisotopic (exact) mass is 475 g/mol. The van der Waals surface area contributed by atoms with Crippen molar-refractivity contribution in [2.45, 2.75) is 38.3 Å². The van der Waals surface area contributed by atoms with Crippen LogP contribution in [0, 0.1) is 0 Å². The molecule has 2 N–H and O–H groups in total. The predicted octanol–water partition coefficient (Wildman–Crippen LogP) is 4.03. The predicted molar refractivity (Wildman–Crippen MR) is 134 cm³/mol. The summed E-state index contributed by atoms with van der Waals surface area (Å²) in [6, 6.07) is 19.9. The Bertz CT molecular complexity index is 1090. The van der Waals surface area contributed by atoms with Crippen LogP contribution in [0.3, 0.4) is 0 Å². The summed E-state index contributed by atoms with van der Waals surface area (Å²) in [5, 5.41) is 7.64. The molecule has 6 nitrogen and oxygen atoms in total. The first kappa shape index (κ1) is 23.7. The molecule has 1 aromatic heterocycles. The van der Waals surface area contributed by atoms with Crippen LogP contribution in [0.5, 0.6) is 0 Å². The summed E-state index contributed by atoms with van der Waals surface area (Å²) in [5.41, 5.74) is 2.53. The van der Waals surface area contributed by atoms with Crippen molar-refractivity contribution in [3.05, 3.63) is 93.7 Å². The third-order valence-electron chi connectivity index (χ3n) is 5.96. The lowest BCUT2D eigenvalue weighted by Crippen LogP contribution is -2.47. The summed E-state index contributed by atoms with van der Waals surface area (Å²) in [4.78, 5) is 40.8. The lowest BCUT2D eigenvalue weighted by atomic mass is 10.0. The zero-order chi connectivity index (χ0) is 23.8. The summed E-state index contributed by atoms with van der Waals surface area (Å²) in [7, 11) is 0. The number of hydrogen-bond acceptors (Lipinski definition) is 4. The number of carbonyl (C=O) groups is 3. The number of carbonyl (C=O) groups excluding carboxylic acids is 3. The Kier molecular flexibility index (Phi) is 8.09. The maximum absolute atomic E-state index is 13.0. The average molecular weight is 476 g/mol. The number of benzene rings is 2. The van der Waals surface area contributed by atoms with Crippen molar-refractivity contribution in [2.24, 2.45) is 0 Å². The second-order valence-corrected chi connectivity index (χ2v) is 9.41. The van der Waals surface area contributed by atoms with Crippen LogP contribution in [0.1, 0.15) is 50.4 Å². The molecule has 0 spiro atoms. The van der Waals surface area contributed by atoms with Gasteiger partial charge in [-0.2, -0.15) is 0 Å². The van der Waals surface area contributed by atoms with Crippen molar-refractivity contribution in [1.29, 1.82) is 0 Å². The second-order valence-electron chi connectivity index (χ2n) is 8.46. The molecule has 1 fully saturated rings. The average Bonchev–Trinajstić information content (AvgIpc) is 3.43. The van der Waals surface area contributed by atoms with Gasteiger partial charge in [0.15, 0.2) is 0 Å². The minimum atomic E-state index is -0.697. The van der Waals surface area contributed by atoms with E-state index in [1.807, 2.05) is 70.9 Å². The minimum Gasteiger partial charge on any atom is -0.350 e. The van der Waals surface area contributed by atoms with Gasteiger partial charge in [0, 0.05) is 31.6 Å². The SMILES string of the molecule is O=C(N[C@@H](Cc1ccccc1)C(=O)NCc1ccc(C(=O)N2CCCCC2)cc1)c1cccs1. The number of hydrogen-bond donors (Lipinski definition) is 2. The zero-order valence-corrected chi connectivity index (χ0v) is 19.9. The molecule has 0 aliphatic carbocycles. The van der Waals surface area contributed by atoms with Gasteiger partial charge in [0.25, 0.3) is 11.8 Å². The molecule has 0 radical (unpaired) electrons. The first-order valence-electron chi connectivity index (χ1n) is 11.6. The molecule has 2 heterocycles. The number of nitrogens with zero attached hydrogens (tertiary/aromatic N) is 1. The Labute approximate surface area is 204 Å². The fourth-order valence-corrected chi connectivity index (χ4v) is 4.68. The highest BCUT2D eigenvalue weighted by Crippen LogP contribution is 2.14. The third-order valence-corrected chi connectivity index (χ3v) is 6.83. The molecular weight excluding hydrogens is 446 g/mol. The molecule has 34 heavy (non-hydrogen) atoms. The van der Waals surface area contributed by atoms with Crippen LogP contribution in [0.25, 0.3) is 0 Å². The van der Waals surface area contributed by atoms with E-state index in [0.29, 0.717) is 23.4 Å². The van der Waals surface area contributed by atoms with Gasteiger partial charge in [0.2, 0.25) is 5.91 Å². The van der Waals surface area contributed by atoms with Crippen molar-refractivity contribution in [3.8, 4) is 0 Å². The second kappa shape index (κ2) is 11.6. The topological polar surface area (TPSA) is 78.5 Å². The molecular formula is C27H29N3O3S. The van der Waals surface area contributed by atoms with E-state index in [1.165, 1.54) is 17.8 Å². The van der Waals surface area contributed by atoms with E-state index >= 15 is 0 Å².